The van der Waals surface area contributed by atoms with Crippen molar-refractivity contribution >= 4 is 26.0 Å². The minimum Gasteiger partial charge on any atom is -0.497 e. The largest absolute Gasteiger partial charge is 0.497 e. The Balaban J connectivity index is 0.000000258. The number of nitrogens with zero attached hydrogens (tertiary/aromatic N) is 7. The van der Waals surface area contributed by atoms with Gasteiger partial charge in [-0.25, -0.2) is 16.8 Å². The molecule has 1 N–H and O–H groups in total. The second-order valence-corrected chi connectivity index (χ2v) is 18.9. The number of hydrogen-bond acceptors (Lipinski definition) is 12. The second-order valence-electron chi connectivity index (χ2n) is 15.1. The Hall–Kier alpha value is -6.46. The highest BCUT2D eigenvalue weighted by molar-refractivity contribution is 7.89. The van der Waals surface area contributed by atoms with E-state index in [4.69, 9.17) is 18.9 Å². The molecule has 0 unspecified atom stereocenters. The fourth-order valence-corrected chi connectivity index (χ4v) is 9.15. The number of amides is 1. The van der Waals surface area contributed by atoms with Gasteiger partial charge in [0, 0.05) is 58.7 Å². The van der Waals surface area contributed by atoms with E-state index in [2.05, 4.69) is 15.5 Å². The zero-order valence-electron chi connectivity index (χ0n) is 38.5. The normalized spacial score (nSPS) is 11.8. The minimum absolute atomic E-state index is 0.0330. The van der Waals surface area contributed by atoms with Crippen molar-refractivity contribution < 1.29 is 53.7 Å². The van der Waals surface area contributed by atoms with Gasteiger partial charge in [0.2, 0.25) is 0 Å². The van der Waals surface area contributed by atoms with Crippen LogP contribution in [-0.4, -0.2) is 118 Å². The minimum atomic E-state index is -4.99. The van der Waals surface area contributed by atoms with Gasteiger partial charge in [-0.2, -0.15) is 32.0 Å². The number of aromatic nitrogens is 4. The standard InChI is InChI=1S/C24H27F3N4O5S.C22H28N4O4S/c1-29(23(32)24(25,26)27)14-15-30-13-12-22(28-30)37(33,34)31(16-18-4-8-20(35-2)9-5-18)17-19-6-10-21(36-3)11-7-19;1-23-13-15-25-14-12-22(24-25)31(27,28)26(16-18-4-8-20(29-2)9-5-18)17-19-6-10-21(30-3)11-7-19/h4-13H,14-17H2,1-3H3;4-12,14,23H,13,15-17H2,1-3H3. The van der Waals surface area contributed by atoms with Gasteiger partial charge in [0.05, 0.1) is 41.5 Å². The van der Waals surface area contributed by atoms with Crippen LogP contribution in [-0.2, 0) is 64.1 Å². The molecule has 0 radical (unpaired) electrons. The summed E-state index contributed by atoms with van der Waals surface area (Å²) in [6, 6.07) is 31.4. The molecule has 6 aromatic rings. The highest BCUT2D eigenvalue weighted by Crippen LogP contribution is 2.25. The van der Waals surface area contributed by atoms with Crippen LogP contribution in [0.1, 0.15) is 22.3 Å². The first-order valence-electron chi connectivity index (χ1n) is 21.0. The van der Waals surface area contributed by atoms with Crippen LogP contribution in [0, 0.1) is 0 Å². The Labute approximate surface area is 394 Å². The number of likely N-dealkylation sites (N-methyl/N-ethyl adjacent to an activating group) is 2. The molecule has 22 heteroatoms. The van der Waals surface area contributed by atoms with E-state index in [0.29, 0.717) is 40.6 Å². The molecule has 0 aliphatic rings. The second kappa shape index (κ2) is 24.0. The van der Waals surface area contributed by atoms with Gasteiger partial charge in [-0.05, 0) is 90.0 Å². The van der Waals surface area contributed by atoms with Gasteiger partial charge in [0.25, 0.3) is 20.0 Å². The number of rotatable bonds is 22. The molecule has 1 amide bonds. The monoisotopic (exact) mass is 984 g/mol. The van der Waals surface area contributed by atoms with Crippen molar-refractivity contribution in [2.75, 3.05) is 55.6 Å². The lowest BCUT2D eigenvalue weighted by atomic mass is 10.2. The van der Waals surface area contributed by atoms with E-state index < -0.39 is 32.1 Å². The summed E-state index contributed by atoms with van der Waals surface area (Å²) in [6.07, 6.45) is -1.96. The summed E-state index contributed by atoms with van der Waals surface area (Å²) in [6.45, 7) is 1.35. The van der Waals surface area contributed by atoms with Crippen LogP contribution in [0.3, 0.4) is 0 Å². The van der Waals surface area contributed by atoms with Crippen LogP contribution in [0.15, 0.2) is 132 Å². The van der Waals surface area contributed by atoms with Crippen LogP contribution in [0.4, 0.5) is 13.2 Å². The topological polar surface area (TPSA) is 180 Å². The maximum Gasteiger partial charge on any atom is 0.471 e. The van der Waals surface area contributed by atoms with Gasteiger partial charge in [0.15, 0.2) is 10.1 Å². The van der Waals surface area contributed by atoms with Crippen LogP contribution in [0.5, 0.6) is 23.0 Å². The van der Waals surface area contributed by atoms with Gasteiger partial charge in [-0.3, -0.25) is 14.2 Å². The number of nitrogens with one attached hydrogen (secondary N) is 1. The number of sulfonamides is 2. The molecule has 366 valence electrons. The molecule has 0 spiro atoms. The van der Waals surface area contributed by atoms with Gasteiger partial charge in [0.1, 0.15) is 23.0 Å². The third-order valence-corrected chi connectivity index (χ3v) is 13.7. The van der Waals surface area contributed by atoms with E-state index >= 15 is 0 Å². The predicted octanol–water partition coefficient (Wildman–Crippen LogP) is 5.82. The lowest BCUT2D eigenvalue weighted by Gasteiger charge is -2.22. The quantitative estimate of drug-likeness (QED) is 0.0863. The molecule has 0 aliphatic carbocycles. The average Bonchev–Trinajstić information content (AvgIpc) is 4.04. The molecule has 0 fully saturated rings. The molecule has 2 heterocycles. The SMILES string of the molecule is CNCCn1ccc(S(=O)(=O)N(Cc2ccc(OC)cc2)Cc2ccc(OC)cc2)n1.COc1ccc(CN(Cc2ccc(OC)cc2)S(=O)(=O)c2ccn(CCN(C)C(=O)C(F)(F)F)n2)cc1. The smallest absolute Gasteiger partial charge is 0.471 e. The van der Waals surface area contributed by atoms with Crippen molar-refractivity contribution in [1.29, 1.82) is 0 Å². The molecule has 17 nitrogen and oxygen atoms in total. The van der Waals surface area contributed by atoms with E-state index in [1.54, 1.807) is 79.7 Å². The zero-order valence-corrected chi connectivity index (χ0v) is 40.1. The predicted molar refractivity (Wildman–Crippen MR) is 247 cm³/mol. The summed E-state index contributed by atoms with van der Waals surface area (Å²) in [4.78, 5) is 11.8. The molecule has 2 aromatic heterocycles. The molecule has 0 aliphatic heterocycles. The van der Waals surface area contributed by atoms with Gasteiger partial charge in [-0.15, -0.1) is 0 Å². The van der Waals surface area contributed by atoms with Crippen LogP contribution >= 0.6 is 0 Å². The number of carbonyl (C=O) groups excluding carboxylic acids is 1. The number of carbonyl (C=O) groups is 1. The van der Waals surface area contributed by atoms with Crippen molar-refractivity contribution in [3.63, 3.8) is 0 Å². The number of ether oxygens (including phenoxy) is 4. The molecule has 6 rings (SSSR count). The third-order valence-electron chi connectivity index (χ3n) is 10.4. The average molecular weight is 985 g/mol. The number of benzene rings is 4. The first-order valence-corrected chi connectivity index (χ1v) is 23.8. The molecule has 0 bridgehead atoms. The Kier molecular flexibility index (Phi) is 18.5. The Morgan fingerprint density at radius 2 is 0.868 bits per heavy atom. The molecule has 4 aromatic carbocycles. The summed E-state index contributed by atoms with van der Waals surface area (Å²) >= 11 is 0. The lowest BCUT2D eigenvalue weighted by Crippen LogP contribution is -2.40. The van der Waals surface area contributed by atoms with E-state index in [9.17, 15) is 34.8 Å². The highest BCUT2D eigenvalue weighted by atomic mass is 32.2. The zero-order chi connectivity index (χ0) is 49.5. The van der Waals surface area contributed by atoms with E-state index in [1.807, 2.05) is 55.6 Å². The number of alkyl halides is 3. The van der Waals surface area contributed by atoms with E-state index in [-0.39, 0.29) is 49.3 Å². The molecule has 0 saturated heterocycles. The van der Waals surface area contributed by atoms with Gasteiger partial charge < -0.3 is 29.2 Å². The van der Waals surface area contributed by atoms with Crippen molar-refractivity contribution in [2.45, 2.75) is 55.5 Å². The van der Waals surface area contributed by atoms with E-state index in [1.165, 1.54) is 39.8 Å². The fraction of sp³-hybridized carbons (Fsp3) is 0.326. The number of methoxy groups -OCH3 is 4. The number of hydrogen-bond donors (Lipinski definition) is 1. The van der Waals surface area contributed by atoms with E-state index in [0.717, 1.165) is 29.7 Å². The molecule has 0 atom stereocenters. The Morgan fingerprint density at radius 3 is 1.15 bits per heavy atom. The van der Waals surface area contributed by atoms with Crippen molar-refractivity contribution in [3.8, 4) is 23.0 Å². The Morgan fingerprint density at radius 1 is 0.559 bits per heavy atom. The molecular weight excluding hydrogens is 930 g/mol. The first-order chi connectivity index (χ1) is 32.4. The summed E-state index contributed by atoms with van der Waals surface area (Å²) in [7, 11) is 1.19. The summed E-state index contributed by atoms with van der Waals surface area (Å²) in [5.74, 6) is 0.702. The van der Waals surface area contributed by atoms with Crippen LogP contribution < -0.4 is 24.3 Å². The maximum atomic E-state index is 13.6. The summed E-state index contributed by atoms with van der Waals surface area (Å²) < 4.78 is 118. The first kappa shape index (κ1) is 52.5. The highest BCUT2D eigenvalue weighted by Gasteiger charge is 2.41. The maximum absolute atomic E-state index is 13.6. The molecular formula is C46H55F3N8O9S2. The van der Waals surface area contributed by atoms with Gasteiger partial charge >= 0.3 is 12.1 Å². The summed E-state index contributed by atoms with van der Waals surface area (Å²) in [5.41, 5.74) is 3.13. The molecule has 68 heavy (non-hydrogen) atoms. The lowest BCUT2D eigenvalue weighted by molar-refractivity contribution is -0.184. The van der Waals surface area contributed by atoms with Crippen molar-refractivity contribution in [2.24, 2.45) is 0 Å². The third kappa shape index (κ3) is 14.5. The van der Waals surface area contributed by atoms with Crippen LogP contribution in [0.2, 0.25) is 0 Å². The fourth-order valence-electron chi connectivity index (χ4n) is 6.46. The van der Waals surface area contributed by atoms with Crippen LogP contribution in [0.25, 0.3) is 0 Å². The molecule has 0 saturated carbocycles. The van der Waals surface area contributed by atoms with Gasteiger partial charge in [-0.1, -0.05) is 48.5 Å². The summed E-state index contributed by atoms with van der Waals surface area (Å²) in [5, 5.41) is 11.1. The number of halogens is 3. The van der Waals surface area contributed by atoms with Crippen molar-refractivity contribution in [3.05, 3.63) is 144 Å². The Bertz CT molecular complexity index is 2640. The van der Waals surface area contributed by atoms with Crippen molar-refractivity contribution in [1.82, 2.24) is 38.4 Å².